The first-order valence-electron chi connectivity index (χ1n) is 34.6. The van der Waals surface area contributed by atoms with Crippen molar-refractivity contribution in [2.75, 3.05) is 14.7 Å². The molecule has 1 aliphatic heterocycles. The summed E-state index contributed by atoms with van der Waals surface area (Å²) in [6, 6.07) is 131. The van der Waals surface area contributed by atoms with Crippen LogP contribution in [0.2, 0.25) is 0 Å². The molecule has 0 radical (unpaired) electrons. The first kappa shape index (κ1) is 61.5. The maximum Gasteiger partial charge on any atom is 0.494 e. The van der Waals surface area contributed by atoms with Gasteiger partial charge < -0.3 is 24.0 Å². The van der Waals surface area contributed by atoms with E-state index in [1.54, 1.807) is 0 Å². The average Bonchev–Trinajstić information content (AvgIpc) is 1.10. The van der Waals surface area contributed by atoms with Crippen LogP contribution in [0.15, 0.2) is 364 Å². The fourth-order valence-electron chi connectivity index (χ4n) is 15.0. The molecule has 6 heteroatoms. The van der Waals surface area contributed by atoms with E-state index in [9.17, 15) is 0 Å². The number of fused-ring (bicyclic) bond motifs is 10. The Morgan fingerprint density at radius 1 is 0.220 bits per heavy atom. The van der Waals surface area contributed by atoms with Crippen LogP contribution in [-0.2, 0) is 9.31 Å². The largest absolute Gasteiger partial charge is 0.494 e. The Morgan fingerprint density at radius 2 is 0.470 bits per heavy atom. The van der Waals surface area contributed by atoms with E-state index in [4.69, 9.17) is 9.31 Å². The monoisotopic (exact) mass is 1290 g/mol. The third kappa shape index (κ3) is 11.0. The topological polar surface area (TPSA) is 28.2 Å². The van der Waals surface area contributed by atoms with Crippen molar-refractivity contribution >= 4 is 139 Å². The Labute approximate surface area is 584 Å². The van der Waals surface area contributed by atoms with Gasteiger partial charge in [0.25, 0.3) is 0 Å². The Kier molecular flexibility index (Phi) is 15.8. The molecule has 0 saturated carbocycles. The highest BCUT2D eigenvalue weighted by atomic mass is 16.7. The van der Waals surface area contributed by atoms with Crippen LogP contribution in [0, 0.1) is 0 Å². The van der Waals surface area contributed by atoms with Crippen LogP contribution < -0.4 is 20.2 Å². The fraction of sp³-hybridized carbons (Fsp3) is 0.0638. The summed E-state index contributed by atoms with van der Waals surface area (Å²) in [5, 5.41) is 17.3. The van der Waals surface area contributed by atoms with E-state index < -0.39 is 0 Å². The number of rotatable bonds is 12. The van der Waals surface area contributed by atoms with Gasteiger partial charge in [-0.1, -0.05) is 273 Å². The van der Waals surface area contributed by atoms with Gasteiger partial charge in [0.2, 0.25) is 0 Å². The van der Waals surface area contributed by atoms with Crippen LogP contribution in [0.25, 0.3) is 97.7 Å². The van der Waals surface area contributed by atoms with Crippen LogP contribution in [0.4, 0.5) is 51.2 Å². The summed E-state index contributed by atoms with van der Waals surface area (Å²) < 4.78 is 12.5. The number of benzene rings is 17. The second-order valence-corrected chi connectivity index (χ2v) is 26.9. The highest BCUT2D eigenvalue weighted by Gasteiger charge is 2.51. The van der Waals surface area contributed by atoms with Crippen LogP contribution in [0.1, 0.15) is 27.7 Å². The van der Waals surface area contributed by atoms with Gasteiger partial charge in [0.1, 0.15) is 0 Å². The minimum atomic E-state index is -0.364. The molecule has 1 heterocycles. The molecule has 0 amide bonds. The molecule has 18 rings (SSSR count). The molecule has 17 aromatic carbocycles. The van der Waals surface area contributed by atoms with Gasteiger partial charge in [0.05, 0.1) is 28.3 Å². The first-order chi connectivity index (χ1) is 49.1. The number of para-hydroxylation sites is 3. The standard InChI is InChI=1S/C66H44N2.C28H28BNO2/c1-3-23-49(24-4-1)67(61-35-17-21-45-19-7-9-27-53(45)61)51-41-37-47(38-42-51)63-59-33-15-16-34-60(59)64(66-58-32-14-12-30-56(58)55-29-11-13-31-57(55)65(63)66)48-39-43-52(44-40-48)68(50-25-5-2-6-26-50)62-36-18-22-46-20-8-10-28-54(46)62;1-27(2)28(3,4)32-29(31-27)22-17-19-24(20-18-22)30(23-13-6-5-7-14-23)26-16-10-12-21-11-8-9-15-25(21)26/h1-44H;5-20H,1-4H3. The number of anilines is 9. The molecule has 0 atom stereocenters. The summed E-state index contributed by atoms with van der Waals surface area (Å²) in [4.78, 5) is 7.07. The highest BCUT2D eigenvalue weighted by Crippen LogP contribution is 2.51. The number of hydrogen-bond donors (Lipinski definition) is 0. The number of hydrogen-bond acceptors (Lipinski definition) is 5. The van der Waals surface area contributed by atoms with E-state index in [-0.39, 0.29) is 18.3 Å². The normalized spacial score (nSPS) is 13.3. The van der Waals surface area contributed by atoms with Crippen molar-refractivity contribution in [1.82, 2.24) is 0 Å². The van der Waals surface area contributed by atoms with Crippen molar-refractivity contribution < 1.29 is 9.31 Å². The predicted molar refractivity (Wildman–Crippen MR) is 426 cm³/mol. The fourth-order valence-corrected chi connectivity index (χ4v) is 15.0. The van der Waals surface area contributed by atoms with Gasteiger partial charge in [-0.15, -0.1) is 0 Å². The van der Waals surface area contributed by atoms with E-state index in [1.807, 2.05) is 6.07 Å². The van der Waals surface area contributed by atoms with Crippen molar-refractivity contribution in [2.45, 2.75) is 38.9 Å². The minimum absolute atomic E-state index is 0.352. The maximum absolute atomic E-state index is 6.24. The molecule has 0 bridgehead atoms. The summed E-state index contributed by atoms with van der Waals surface area (Å²) in [6.45, 7) is 8.33. The lowest BCUT2D eigenvalue weighted by Gasteiger charge is -2.32. The molecule has 0 N–H and O–H groups in total. The minimum Gasteiger partial charge on any atom is -0.399 e. The molecule has 1 fully saturated rings. The quantitative estimate of drug-likeness (QED) is 0.0691. The molecule has 0 spiro atoms. The second-order valence-electron chi connectivity index (χ2n) is 26.9. The summed E-state index contributed by atoms with van der Waals surface area (Å²) in [7, 11) is -0.364. The van der Waals surface area contributed by atoms with Crippen molar-refractivity contribution in [3.63, 3.8) is 0 Å². The lowest BCUT2D eigenvalue weighted by Crippen LogP contribution is -2.41. The third-order valence-electron chi connectivity index (χ3n) is 20.5. The van der Waals surface area contributed by atoms with Gasteiger partial charge in [0.15, 0.2) is 0 Å². The zero-order valence-corrected chi connectivity index (χ0v) is 56.4. The van der Waals surface area contributed by atoms with E-state index in [1.165, 1.54) is 97.7 Å². The smallest absolute Gasteiger partial charge is 0.399 e. The Balaban J connectivity index is 0.000000195. The van der Waals surface area contributed by atoms with Gasteiger partial charge in [-0.2, -0.15) is 0 Å². The van der Waals surface area contributed by atoms with Crippen molar-refractivity contribution in [3.8, 4) is 22.3 Å². The first-order valence-corrected chi connectivity index (χ1v) is 34.6. The lowest BCUT2D eigenvalue weighted by molar-refractivity contribution is 0.00578. The third-order valence-corrected chi connectivity index (χ3v) is 20.5. The molecule has 100 heavy (non-hydrogen) atoms. The molecule has 0 aromatic heterocycles. The molecular formula is C94H72BN3O2. The molecular weight excluding hydrogens is 1210 g/mol. The summed E-state index contributed by atoms with van der Waals surface area (Å²) in [6.07, 6.45) is 0. The molecule has 478 valence electrons. The van der Waals surface area contributed by atoms with Crippen LogP contribution in [-0.4, -0.2) is 18.3 Å². The predicted octanol–water partition coefficient (Wildman–Crippen LogP) is 25.5. The van der Waals surface area contributed by atoms with Crippen molar-refractivity contribution in [2.24, 2.45) is 0 Å². The Morgan fingerprint density at radius 3 is 0.800 bits per heavy atom. The van der Waals surface area contributed by atoms with Gasteiger partial charge in [-0.25, -0.2) is 0 Å². The van der Waals surface area contributed by atoms with Gasteiger partial charge in [-0.3, -0.25) is 0 Å². The van der Waals surface area contributed by atoms with Crippen molar-refractivity contribution in [1.29, 1.82) is 0 Å². The molecule has 1 aliphatic rings. The highest BCUT2D eigenvalue weighted by molar-refractivity contribution is 6.62. The summed E-state index contributed by atoms with van der Waals surface area (Å²) >= 11 is 0. The van der Waals surface area contributed by atoms with Crippen LogP contribution in [0.3, 0.4) is 0 Å². The van der Waals surface area contributed by atoms with E-state index in [0.29, 0.717) is 0 Å². The molecule has 5 nitrogen and oxygen atoms in total. The Hall–Kier alpha value is -12.1. The average molecular weight is 1290 g/mol. The summed E-state index contributed by atoms with van der Waals surface area (Å²) in [5.74, 6) is 0. The van der Waals surface area contributed by atoms with Gasteiger partial charge in [-0.05, 0) is 206 Å². The SMILES string of the molecule is CC1(C)OB(c2ccc(N(c3ccccc3)c3cccc4ccccc34)cc2)OC1(C)C.c1ccc(N(c2ccc(-c3c4ccccc4c(-c4ccc(N(c5ccccc5)c5cccc6ccccc56)cc4)c4c5ccccc5c5ccccc5c34)cc2)c2cccc3ccccc23)cc1. The summed E-state index contributed by atoms with van der Waals surface area (Å²) in [5.41, 5.74) is 15.3. The molecule has 1 saturated heterocycles. The Bertz CT molecular complexity index is 5570. The lowest BCUT2D eigenvalue weighted by atomic mass is 9.79. The second kappa shape index (κ2) is 25.7. The van der Waals surface area contributed by atoms with E-state index >= 15 is 0 Å². The molecule has 0 aliphatic carbocycles. The zero-order chi connectivity index (χ0) is 67.3. The van der Waals surface area contributed by atoms with Gasteiger partial charge in [0, 0.05) is 50.3 Å². The van der Waals surface area contributed by atoms with Crippen LogP contribution >= 0.6 is 0 Å². The number of nitrogens with zero attached hydrogens (tertiary/aromatic N) is 3. The van der Waals surface area contributed by atoms with E-state index in [0.717, 1.165) is 56.6 Å². The van der Waals surface area contributed by atoms with Gasteiger partial charge >= 0.3 is 7.12 Å². The van der Waals surface area contributed by atoms with Crippen LogP contribution in [0.5, 0.6) is 0 Å². The van der Waals surface area contributed by atoms with E-state index in [2.05, 4.69) is 400 Å². The molecule has 17 aromatic rings. The molecule has 0 unspecified atom stereocenters. The maximum atomic E-state index is 6.24. The van der Waals surface area contributed by atoms with Crippen molar-refractivity contribution in [3.05, 3.63) is 364 Å². The zero-order valence-electron chi connectivity index (χ0n) is 56.4.